The number of nitrogen functional groups attached to an aromatic ring is 1. The SMILES string of the molecule is CC(C)(C)OC(=O)CC(NC(=O)CCC#Cc1cn([C@H]2C[C@@H](O)[C@@H](CO)O2)c(=O)nc1N)C(=O)OC(C)(C)C. The molecule has 0 spiro atoms. The molecule has 216 valence electrons. The van der Waals surface area contributed by atoms with Crippen molar-refractivity contribution in [3.8, 4) is 11.8 Å². The minimum absolute atomic E-state index is 0.0586. The van der Waals surface area contributed by atoms with Crippen LogP contribution in [0.15, 0.2) is 11.0 Å². The normalized spacial score (nSPS) is 19.9. The average Bonchev–Trinajstić information content (AvgIpc) is 3.15. The molecule has 1 amide bonds. The number of ether oxygens (including phenoxy) is 3. The third kappa shape index (κ3) is 10.3. The van der Waals surface area contributed by atoms with Crippen LogP contribution in [0, 0.1) is 11.8 Å². The molecule has 1 saturated heterocycles. The van der Waals surface area contributed by atoms with Crippen molar-refractivity contribution in [3.63, 3.8) is 0 Å². The van der Waals surface area contributed by atoms with E-state index in [1.807, 2.05) is 0 Å². The van der Waals surface area contributed by atoms with Gasteiger partial charge in [-0.3, -0.25) is 14.2 Å². The van der Waals surface area contributed by atoms with Crippen molar-refractivity contribution in [2.24, 2.45) is 0 Å². The van der Waals surface area contributed by atoms with Gasteiger partial charge in [0.15, 0.2) is 0 Å². The summed E-state index contributed by atoms with van der Waals surface area (Å²) in [5.74, 6) is 3.43. The summed E-state index contributed by atoms with van der Waals surface area (Å²) in [5, 5.41) is 21.7. The maximum Gasteiger partial charge on any atom is 0.351 e. The van der Waals surface area contributed by atoms with Gasteiger partial charge in [0.1, 0.15) is 35.4 Å². The molecule has 0 aromatic carbocycles. The van der Waals surface area contributed by atoms with Crippen LogP contribution in [0.2, 0.25) is 0 Å². The zero-order valence-electron chi connectivity index (χ0n) is 23.1. The van der Waals surface area contributed by atoms with Gasteiger partial charge in [0.25, 0.3) is 0 Å². The van der Waals surface area contributed by atoms with Gasteiger partial charge in [-0.05, 0) is 41.5 Å². The van der Waals surface area contributed by atoms with Crippen LogP contribution in [-0.2, 0) is 28.6 Å². The second-order valence-electron chi connectivity index (χ2n) is 11.1. The van der Waals surface area contributed by atoms with E-state index in [4.69, 9.17) is 19.9 Å². The monoisotopic (exact) mass is 550 g/mol. The predicted octanol–water partition coefficient (Wildman–Crippen LogP) is 0.156. The van der Waals surface area contributed by atoms with E-state index in [0.29, 0.717) is 0 Å². The molecule has 0 radical (unpaired) electrons. The van der Waals surface area contributed by atoms with E-state index in [1.54, 1.807) is 41.5 Å². The minimum Gasteiger partial charge on any atom is -0.460 e. The second kappa shape index (κ2) is 13.1. The highest BCUT2D eigenvalue weighted by Crippen LogP contribution is 2.27. The molecule has 1 unspecified atom stereocenters. The molecule has 0 aliphatic carbocycles. The predicted molar refractivity (Wildman–Crippen MR) is 139 cm³/mol. The first kappa shape index (κ1) is 31.7. The van der Waals surface area contributed by atoms with Crippen molar-refractivity contribution in [1.82, 2.24) is 14.9 Å². The van der Waals surface area contributed by atoms with Crippen molar-refractivity contribution >= 4 is 23.7 Å². The summed E-state index contributed by atoms with van der Waals surface area (Å²) in [4.78, 5) is 53.5. The lowest BCUT2D eigenvalue weighted by Gasteiger charge is -2.25. The van der Waals surface area contributed by atoms with Gasteiger partial charge in [-0.1, -0.05) is 11.8 Å². The summed E-state index contributed by atoms with van der Waals surface area (Å²) >= 11 is 0. The topological polar surface area (TPSA) is 192 Å². The Balaban J connectivity index is 2.06. The summed E-state index contributed by atoms with van der Waals surface area (Å²) < 4.78 is 17.2. The van der Waals surface area contributed by atoms with Crippen LogP contribution in [0.5, 0.6) is 0 Å². The van der Waals surface area contributed by atoms with E-state index >= 15 is 0 Å². The number of nitrogens with two attached hydrogens (primary N) is 1. The van der Waals surface area contributed by atoms with Gasteiger partial charge in [-0.2, -0.15) is 4.98 Å². The Morgan fingerprint density at radius 3 is 2.44 bits per heavy atom. The summed E-state index contributed by atoms with van der Waals surface area (Å²) in [6.45, 7) is 9.67. The number of aliphatic hydroxyl groups excluding tert-OH is 2. The molecule has 2 heterocycles. The first-order valence-corrected chi connectivity index (χ1v) is 12.5. The van der Waals surface area contributed by atoms with Crippen LogP contribution in [0.3, 0.4) is 0 Å². The first-order valence-electron chi connectivity index (χ1n) is 12.5. The van der Waals surface area contributed by atoms with Crippen LogP contribution in [0.4, 0.5) is 5.82 Å². The molecule has 0 bridgehead atoms. The highest BCUT2D eigenvalue weighted by Gasteiger charge is 2.35. The molecule has 0 saturated carbocycles. The van der Waals surface area contributed by atoms with Crippen LogP contribution in [0.25, 0.3) is 0 Å². The quantitative estimate of drug-likeness (QED) is 0.254. The smallest absolute Gasteiger partial charge is 0.351 e. The number of hydrogen-bond donors (Lipinski definition) is 4. The number of aliphatic hydroxyl groups is 2. The number of nitrogens with zero attached hydrogens (tertiary/aromatic N) is 2. The zero-order valence-corrected chi connectivity index (χ0v) is 23.1. The number of esters is 2. The number of nitrogens with one attached hydrogen (secondary N) is 1. The standard InChI is InChI=1S/C26H38N4O9/c1-25(2,3)38-21(34)11-16(23(35)39-26(4,5)6)28-19(33)10-8-7-9-15-13-30(24(36)29-22(15)27)20-12-17(32)18(14-31)37-20/h13,16-18,20,31-32H,8,10-12,14H2,1-6H3,(H,28,33)(H2,27,29,36)/t16?,17-,18-,20-/m1/s1. The molecule has 2 rings (SSSR count). The first-order chi connectivity index (χ1) is 18.0. The highest BCUT2D eigenvalue weighted by molar-refractivity contribution is 5.88. The lowest BCUT2D eigenvalue weighted by molar-refractivity contribution is -0.165. The largest absolute Gasteiger partial charge is 0.460 e. The Bertz CT molecular complexity index is 1170. The van der Waals surface area contributed by atoms with Crippen LogP contribution in [0.1, 0.15) is 79.0 Å². The fourth-order valence-electron chi connectivity index (χ4n) is 3.55. The van der Waals surface area contributed by atoms with Gasteiger partial charge in [0, 0.05) is 25.5 Å². The lowest BCUT2D eigenvalue weighted by Crippen LogP contribution is -2.46. The average molecular weight is 551 g/mol. The Hall–Kier alpha value is -3.47. The number of amides is 1. The van der Waals surface area contributed by atoms with E-state index < -0.39 is 72.2 Å². The third-order valence-electron chi connectivity index (χ3n) is 5.19. The molecular weight excluding hydrogens is 512 g/mol. The Morgan fingerprint density at radius 2 is 1.87 bits per heavy atom. The zero-order chi connectivity index (χ0) is 29.5. The fraction of sp³-hybridized carbons (Fsp3) is 0.654. The van der Waals surface area contributed by atoms with Crippen molar-refractivity contribution < 1.29 is 38.8 Å². The van der Waals surface area contributed by atoms with Crippen LogP contribution >= 0.6 is 0 Å². The summed E-state index contributed by atoms with van der Waals surface area (Å²) in [7, 11) is 0. The number of carbonyl (C=O) groups excluding carboxylic acids is 3. The van der Waals surface area contributed by atoms with Crippen LogP contribution < -0.4 is 16.7 Å². The Labute approximate surface area is 227 Å². The number of anilines is 1. The van der Waals surface area contributed by atoms with Gasteiger partial charge >= 0.3 is 17.6 Å². The van der Waals surface area contributed by atoms with Crippen LogP contribution in [-0.4, -0.2) is 73.7 Å². The molecule has 13 nitrogen and oxygen atoms in total. The van der Waals surface area contributed by atoms with Gasteiger partial charge in [0.2, 0.25) is 5.91 Å². The van der Waals surface area contributed by atoms with E-state index in [2.05, 4.69) is 22.1 Å². The van der Waals surface area contributed by atoms with E-state index in [1.165, 1.54) is 6.20 Å². The second-order valence-corrected chi connectivity index (χ2v) is 11.1. The number of carbonyl (C=O) groups is 3. The van der Waals surface area contributed by atoms with Gasteiger partial charge < -0.3 is 35.5 Å². The van der Waals surface area contributed by atoms with Gasteiger partial charge in [0.05, 0.1) is 24.7 Å². The molecule has 1 fully saturated rings. The fourth-order valence-corrected chi connectivity index (χ4v) is 3.55. The van der Waals surface area contributed by atoms with Gasteiger partial charge in [-0.25, -0.2) is 9.59 Å². The molecule has 4 atom stereocenters. The van der Waals surface area contributed by atoms with Crippen molar-refractivity contribution in [1.29, 1.82) is 0 Å². The van der Waals surface area contributed by atoms with Crippen molar-refractivity contribution in [2.45, 2.75) is 103 Å². The lowest BCUT2D eigenvalue weighted by atomic mass is 10.1. The molecule has 1 aromatic heterocycles. The van der Waals surface area contributed by atoms with E-state index in [-0.39, 0.29) is 30.6 Å². The molecule has 1 aliphatic heterocycles. The summed E-state index contributed by atoms with van der Waals surface area (Å²) in [6.07, 6.45) is -1.65. The maximum atomic E-state index is 12.6. The van der Waals surface area contributed by atoms with Crippen molar-refractivity contribution in [2.75, 3.05) is 12.3 Å². The number of aromatic nitrogens is 2. The molecule has 1 aromatic rings. The Kier molecular flexibility index (Phi) is 10.6. The highest BCUT2D eigenvalue weighted by atomic mass is 16.6. The number of hydrogen-bond acceptors (Lipinski definition) is 11. The molecule has 39 heavy (non-hydrogen) atoms. The third-order valence-corrected chi connectivity index (χ3v) is 5.19. The van der Waals surface area contributed by atoms with Crippen molar-refractivity contribution in [3.05, 3.63) is 22.2 Å². The molecule has 5 N–H and O–H groups in total. The Morgan fingerprint density at radius 1 is 1.23 bits per heavy atom. The molecular formula is C26H38N4O9. The summed E-state index contributed by atoms with van der Waals surface area (Å²) in [5.41, 5.74) is 3.73. The van der Waals surface area contributed by atoms with E-state index in [0.717, 1.165) is 4.57 Å². The molecule has 13 heteroatoms. The maximum absolute atomic E-state index is 12.6. The molecule has 1 aliphatic rings. The number of rotatable bonds is 8. The minimum atomic E-state index is -1.24. The summed E-state index contributed by atoms with van der Waals surface area (Å²) in [6, 6.07) is -1.24. The van der Waals surface area contributed by atoms with E-state index in [9.17, 15) is 29.4 Å². The van der Waals surface area contributed by atoms with Gasteiger partial charge in [-0.15, -0.1) is 0 Å².